The Hall–Kier alpha value is -2.83. The summed E-state index contributed by atoms with van der Waals surface area (Å²) in [6.45, 7) is 1.53. The van der Waals surface area contributed by atoms with Gasteiger partial charge in [-0.2, -0.15) is 5.10 Å². The van der Waals surface area contributed by atoms with E-state index < -0.39 is 0 Å². The molecular weight excluding hydrogens is 328 g/mol. The maximum Gasteiger partial charge on any atom is 0.253 e. The van der Waals surface area contributed by atoms with Gasteiger partial charge in [0.25, 0.3) is 5.91 Å². The van der Waals surface area contributed by atoms with Gasteiger partial charge in [-0.05, 0) is 36.1 Å². The highest BCUT2D eigenvalue weighted by atomic mass is 16.2. The van der Waals surface area contributed by atoms with E-state index in [0.29, 0.717) is 5.56 Å². The van der Waals surface area contributed by atoms with Gasteiger partial charge in [0.1, 0.15) is 0 Å². The van der Waals surface area contributed by atoms with Gasteiger partial charge >= 0.3 is 0 Å². The molecule has 0 saturated carbocycles. The Morgan fingerprint density at radius 1 is 1.19 bits per heavy atom. The molecule has 0 radical (unpaired) electrons. The minimum Gasteiger partial charge on any atom is -0.356 e. The number of hydrogen-bond donors (Lipinski definition) is 2. The van der Waals surface area contributed by atoms with Crippen LogP contribution < -0.4 is 10.6 Å². The molecule has 1 aromatic carbocycles. The van der Waals surface area contributed by atoms with E-state index in [-0.39, 0.29) is 5.91 Å². The third-order valence-electron chi connectivity index (χ3n) is 3.97. The van der Waals surface area contributed by atoms with Crippen molar-refractivity contribution in [1.82, 2.24) is 25.3 Å². The molecule has 0 bridgehead atoms. The number of hydrogen-bond acceptors (Lipinski definition) is 3. The molecule has 7 nitrogen and oxygen atoms in total. The van der Waals surface area contributed by atoms with Gasteiger partial charge in [-0.15, -0.1) is 0 Å². The Bertz CT molecular complexity index is 750. The summed E-state index contributed by atoms with van der Waals surface area (Å²) in [5.41, 5.74) is 3.03. The Labute approximate surface area is 155 Å². The quantitative estimate of drug-likeness (QED) is 0.575. The van der Waals surface area contributed by atoms with Crippen molar-refractivity contribution in [3.63, 3.8) is 0 Å². The maximum absolute atomic E-state index is 12.0. The summed E-state index contributed by atoms with van der Waals surface area (Å²) < 4.78 is 1.80. The van der Waals surface area contributed by atoms with Gasteiger partial charge in [0.15, 0.2) is 5.96 Å². The van der Waals surface area contributed by atoms with Gasteiger partial charge in [0.2, 0.25) is 0 Å². The molecule has 0 unspecified atom stereocenters. The molecule has 1 amide bonds. The zero-order valence-electron chi connectivity index (χ0n) is 16.0. The smallest absolute Gasteiger partial charge is 0.253 e. The Morgan fingerprint density at radius 3 is 2.46 bits per heavy atom. The molecule has 1 aromatic heterocycles. The van der Waals surface area contributed by atoms with Gasteiger partial charge in [0, 0.05) is 53.0 Å². The first kappa shape index (κ1) is 19.5. The van der Waals surface area contributed by atoms with Crippen LogP contribution in [-0.4, -0.2) is 60.8 Å². The van der Waals surface area contributed by atoms with E-state index in [4.69, 9.17) is 0 Å². The van der Waals surface area contributed by atoms with Crippen LogP contribution in [0.4, 0.5) is 0 Å². The maximum atomic E-state index is 12.0. The molecular formula is C19H28N6O. The average molecular weight is 356 g/mol. The number of guanidine groups is 1. The van der Waals surface area contributed by atoms with E-state index in [2.05, 4.69) is 20.7 Å². The van der Waals surface area contributed by atoms with Crippen LogP contribution in [0.15, 0.2) is 41.7 Å². The largest absolute Gasteiger partial charge is 0.356 e. The monoisotopic (exact) mass is 356 g/mol. The molecule has 1 heterocycles. The molecule has 0 aliphatic rings. The highest BCUT2D eigenvalue weighted by Crippen LogP contribution is 2.07. The summed E-state index contributed by atoms with van der Waals surface area (Å²) in [6, 6.07) is 7.75. The number of rotatable bonds is 7. The van der Waals surface area contributed by atoms with Crippen molar-refractivity contribution in [3.05, 3.63) is 53.3 Å². The summed E-state index contributed by atoms with van der Waals surface area (Å²) in [7, 11) is 7.20. The number of nitrogens with zero attached hydrogens (tertiary/aromatic N) is 4. The Balaban J connectivity index is 1.76. The number of amides is 1. The van der Waals surface area contributed by atoms with Crippen molar-refractivity contribution in [2.45, 2.75) is 12.8 Å². The van der Waals surface area contributed by atoms with E-state index in [1.54, 1.807) is 30.7 Å². The van der Waals surface area contributed by atoms with Gasteiger partial charge in [-0.25, -0.2) is 0 Å². The van der Waals surface area contributed by atoms with E-state index in [0.717, 1.165) is 37.5 Å². The molecule has 0 aliphatic carbocycles. The average Bonchev–Trinajstić information content (AvgIpc) is 3.05. The predicted octanol–water partition coefficient (Wildman–Crippen LogP) is 1.07. The summed E-state index contributed by atoms with van der Waals surface area (Å²) in [6.07, 6.45) is 5.60. The number of aryl methyl sites for hydroxylation is 1. The molecule has 140 valence electrons. The topological polar surface area (TPSA) is 74.6 Å². The van der Waals surface area contributed by atoms with Gasteiger partial charge in [0.05, 0.1) is 6.20 Å². The molecule has 2 rings (SSSR count). The summed E-state index contributed by atoms with van der Waals surface area (Å²) in [4.78, 5) is 17.9. The lowest BCUT2D eigenvalue weighted by Gasteiger charge is -2.13. The van der Waals surface area contributed by atoms with Crippen LogP contribution in [0.2, 0.25) is 0 Å². The number of carbonyl (C=O) groups excluding carboxylic acids is 1. The van der Waals surface area contributed by atoms with E-state index in [9.17, 15) is 4.79 Å². The van der Waals surface area contributed by atoms with E-state index in [1.807, 2.05) is 43.7 Å². The van der Waals surface area contributed by atoms with Crippen LogP contribution in [0, 0.1) is 0 Å². The fourth-order valence-electron chi connectivity index (χ4n) is 2.59. The van der Waals surface area contributed by atoms with Crippen LogP contribution in [-0.2, 0) is 19.9 Å². The zero-order valence-corrected chi connectivity index (χ0v) is 16.0. The lowest BCUT2D eigenvalue weighted by Crippen LogP contribution is -2.39. The van der Waals surface area contributed by atoms with Crippen molar-refractivity contribution in [2.24, 2.45) is 12.0 Å². The minimum atomic E-state index is 0.0210. The third-order valence-corrected chi connectivity index (χ3v) is 3.97. The lowest BCUT2D eigenvalue weighted by molar-refractivity contribution is 0.0827. The fourth-order valence-corrected chi connectivity index (χ4v) is 2.59. The van der Waals surface area contributed by atoms with Crippen LogP contribution >= 0.6 is 0 Å². The highest BCUT2D eigenvalue weighted by molar-refractivity contribution is 5.94. The normalized spacial score (nSPS) is 11.3. The van der Waals surface area contributed by atoms with Crippen molar-refractivity contribution in [1.29, 1.82) is 0 Å². The van der Waals surface area contributed by atoms with Crippen LogP contribution in [0.1, 0.15) is 21.5 Å². The molecule has 2 aromatic rings. The van der Waals surface area contributed by atoms with Crippen LogP contribution in [0.5, 0.6) is 0 Å². The van der Waals surface area contributed by atoms with Gasteiger partial charge < -0.3 is 15.5 Å². The van der Waals surface area contributed by atoms with Crippen molar-refractivity contribution in [2.75, 3.05) is 34.2 Å². The van der Waals surface area contributed by atoms with Gasteiger partial charge in [-0.1, -0.05) is 12.1 Å². The molecule has 2 N–H and O–H groups in total. The fraction of sp³-hybridized carbons (Fsp3) is 0.421. The summed E-state index contributed by atoms with van der Waals surface area (Å²) >= 11 is 0. The lowest BCUT2D eigenvalue weighted by atomic mass is 10.1. The van der Waals surface area contributed by atoms with E-state index >= 15 is 0 Å². The predicted molar refractivity (Wildman–Crippen MR) is 104 cm³/mol. The second kappa shape index (κ2) is 9.60. The molecule has 0 saturated heterocycles. The third kappa shape index (κ3) is 5.91. The first-order valence-electron chi connectivity index (χ1n) is 8.72. The molecule has 7 heteroatoms. The van der Waals surface area contributed by atoms with Gasteiger partial charge in [-0.3, -0.25) is 14.5 Å². The summed E-state index contributed by atoms with van der Waals surface area (Å²) in [5, 5.41) is 10.8. The standard InChI is InChI=1S/C19H28N6O/c1-20-19(22-11-9-16-13-23-25(4)14-16)21-10-8-15-6-5-7-17(12-15)18(26)24(2)3/h5-7,12-14H,8-11H2,1-4H3,(H2,20,21,22). The Kier molecular flexibility index (Phi) is 7.20. The SMILES string of the molecule is CN=C(NCCc1cccc(C(=O)N(C)C)c1)NCCc1cnn(C)c1. The zero-order chi connectivity index (χ0) is 18.9. The molecule has 0 fully saturated rings. The highest BCUT2D eigenvalue weighted by Gasteiger charge is 2.08. The summed E-state index contributed by atoms with van der Waals surface area (Å²) in [5.74, 6) is 0.794. The van der Waals surface area contributed by atoms with Crippen molar-refractivity contribution >= 4 is 11.9 Å². The molecule has 0 aliphatic heterocycles. The number of nitrogens with one attached hydrogen (secondary N) is 2. The molecule has 0 spiro atoms. The number of benzene rings is 1. The minimum absolute atomic E-state index is 0.0210. The second-order valence-electron chi connectivity index (χ2n) is 6.35. The first-order chi connectivity index (χ1) is 12.5. The van der Waals surface area contributed by atoms with Crippen molar-refractivity contribution < 1.29 is 4.79 Å². The second-order valence-corrected chi connectivity index (χ2v) is 6.35. The van der Waals surface area contributed by atoms with E-state index in [1.165, 1.54) is 5.56 Å². The van der Waals surface area contributed by atoms with Crippen LogP contribution in [0.25, 0.3) is 0 Å². The molecule has 26 heavy (non-hydrogen) atoms. The first-order valence-corrected chi connectivity index (χ1v) is 8.72. The number of aromatic nitrogens is 2. The molecule has 0 atom stereocenters. The van der Waals surface area contributed by atoms with Crippen LogP contribution in [0.3, 0.4) is 0 Å². The number of aliphatic imine (C=N–C) groups is 1. The van der Waals surface area contributed by atoms with Crippen molar-refractivity contribution in [3.8, 4) is 0 Å². The Morgan fingerprint density at radius 2 is 1.88 bits per heavy atom. The number of carbonyl (C=O) groups is 1.